The first kappa shape index (κ1) is 14.1. The average Bonchev–Trinajstić information content (AvgIpc) is 3.10. The van der Waals surface area contributed by atoms with Gasteiger partial charge in [-0.3, -0.25) is 0 Å². The van der Waals surface area contributed by atoms with Crippen molar-refractivity contribution in [1.82, 2.24) is 0 Å². The molecular formula is C16H19NaSi. The second-order valence-electron chi connectivity index (χ2n) is 5.10. The molecule has 18 heavy (non-hydrogen) atoms. The fourth-order valence-electron chi connectivity index (χ4n) is 3.07. The van der Waals surface area contributed by atoms with E-state index in [2.05, 4.69) is 61.2 Å². The van der Waals surface area contributed by atoms with Crippen LogP contribution in [0.5, 0.6) is 0 Å². The Morgan fingerprint density at radius 3 is 1.33 bits per heavy atom. The quantitative estimate of drug-likeness (QED) is 0.676. The molecule has 0 amide bonds. The molecule has 0 N–H and O–H groups in total. The van der Waals surface area contributed by atoms with Crippen LogP contribution in [0.2, 0.25) is 6.55 Å². The maximum absolute atomic E-state index is 2.53. The van der Waals surface area contributed by atoms with E-state index in [0.717, 1.165) is 19.3 Å². The second-order valence-corrected chi connectivity index (χ2v) is 9.27. The van der Waals surface area contributed by atoms with Gasteiger partial charge in [0, 0.05) is 0 Å². The van der Waals surface area contributed by atoms with Gasteiger partial charge in [-0.25, -0.2) is 0 Å². The number of hydrogen-bond donors (Lipinski definition) is 0. The summed E-state index contributed by atoms with van der Waals surface area (Å²) < 4.78 is 0. The van der Waals surface area contributed by atoms with Crippen LogP contribution in [0.25, 0.3) is 0 Å². The third-order valence-electron chi connectivity index (χ3n) is 4.24. The molecule has 3 rings (SSSR count). The summed E-state index contributed by atoms with van der Waals surface area (Å²) in [5, 5.41) is 5.05. The molecule has 0 nitrogen and oxygen atoms in total. The van der Waals surface area contributed by atoms with Crippen molar-refractivity contribution in [3.8, 4) is 0 Å². The summed E-state index contributed by atoms with van der Waals surface area (Å²) in [5.41, 5.74) is 0. The summed E-state index contributed by atoms with van der Waals surface area (Å²) in [6.07, 6.45) is 24.2. The molecule has 0 saturated carbocycles. The van der Waals surface area contributed by atoms with E-state index >= 15 is 0 Å². The Balaban J connectivity index is 0.000000902. The second kappa shape index (κ2) is 5.75. The Morgan fingerprint density at radius 2 is 1.11 bits per heavy atom. The van der Waals surface area contributed by atoms with Crippen LogP contribution in [0.3, 0.4) is 0 Å². The molecule has 3 aliphatic carbocycles. The van der Waals surface area contributed by atoms with Crippen molar-refractivity contribution in [3.05, 3.63) is 70.3 Å². The van der Waals surface area contributed by atoms with E-state index in [1.165, 1.54) is 0 Å². The average molecular weight is 262 g/mol. The number of rotatable bonds is 3. The molecular weight excluding hydrogens is 243 g/mol. The maximum atomic E-state index is 2.53. The van der Waals surface area contributed by atoms with E-state index < -0.39 is 8.07 Å². The van der Waals surface area contributed by atoms with E-state index in [4.69, 9.17) is 0 Å². The van der Waals surface area contributed by atoms with Crippen molar-refractivity contribution in [1.29, 1.82) is 0 Å². The van der Waals surface area contributed by atoms with Crippen molar-refractivity contribution in [2.75, 3.05) is 0 Å². The monoisotopic (exact) mass is 262 g/mol. The molecule has 0 atom stereocenters. The molecule has 0 aromatic rings. The molecule has 3 aliphatic rings. The van der Waals surface area contributed by atoms with Gasteiger partial charge in [0.2, 0.25) is 0 Å². The van der Waals surface area contributed by atoms with Crippen molar-refractivity contribution < 1.29 is 31.0 Å². The van der Waals surface area contributed by atoms with Gasteiger partial charge in [0.05, 0.1) is 0 Å². The zero-order valence-corrected chi connectivity index (χ0v) is 14.3. The minimum Gasteiger partial charge on any atom is -1.00 e. The topological polar surface area (TPSA) is 0 Å². The van der Waals surface area contributed by atoms with Crippen LogP contribution < -0.4 is 29.6 Å². The molecule has 0 aromatic heterocycles. The molecule has 2 heteroatoms. The van der Waals surface area contributed by atoms with Gasteiger partial charge < -0.3 is 1.43 Å². The van der Waals surface area contributed by atoms with Crippen molar-refractivity contribution in [2.45, 2.75) is 25.8 Å². The molecule has 0 radical (unpaired) electrons. The summed E-state index contributed by atoms with van der Waals surface area (Å²) in [7, 11) is -1.55. The first-order chi connectivity index (χ1) is 8.32. The van der Waals surface area contributed by atoms with Crippen LogP contribution in [0.4, 0.5) is 0 Å². The fourth-order valence-corrected chi connectivity index (χ4v) is 7.18. The van der Waals surface area contributed by atoms with Crippen molar-refractivity contribution in [3.63, 3.8) is 0 Å². The Labute approximate surface area is 134 Å². The van der Waals surface area contributed by atoms with Crippen molar-refractivity contribution in [2.24, 2.45) is 0 Å². The molecule has 0 heterocycles. The largest absolute Gasteiger partial charge is 1.00 e. The standard InChI is InChI=1S/C16H18Si.Na.H/c1-17(14-8-2-3-9-14,15-10-4-5-11-15)16-12-6-7-13-16;;/h2-8,10,12H,9,11,13H2,1H3;;/q;+1;-1. The summed E-state index contributed by atoms with van der Waals surface area (Å²) >= 11 is 0. The summed E-state index contributed by atoms with van der Waals surface area (Å²) in [4.78, 5) is 0. The molecule has 0 bridgehead atoms. The molecule has 0 aliphatic heterocycles. The fraction of sp³-hybridized carbons (Fsp3) is 0.250. The Bertz CT molecular complexity index is 447. The van der Waals surface area contributed by atoms with E-state index in [9.17, 15) is 0 Å². The van der Waals surface area contributed by atoms with Gasteiger partial charge in [0.1, 0.15) is 8.07 Å². The number of hydrogen-bond acceptors (Lipinski definition) is 0. The number of allylic oxidation sites excluding steroid dienone is 12. The minimum absolute atomic E-state index is 0. The summed E-state index contributed by atoms with van der Waals surface area (Å²) in [5.74, 6) is 0. The van der Waals surface area contributed by atoms with Crippen LogP contribution >= 0.6 is 0 Å². The predicted molar refractivity (Wildman–Crippen MR) is 78.3 cm³/mol. The van der Waals surface area contributed by atoms with Crippen LogP contribution in [0.15, 0.2) is 70.3 Å². The first-order valence-corrected chi connectivity index (χ1v) is 8.90. The summed E-state index contributed by atoms with van der Waals surface area (Å²) in [6, 6.07) is 0. The molecule has 0 spiro atoms. The zero-order chi connectivity index (χ0) is 11.7. The normalized spacial score (nSPS) is 20.8. The summed E-state index contributed by atoms with van der Waals surface area (Å²) in [6.45, 7) is 2.53. The zero-order valence-electron chi connectivity index (χ0n) is 12.3. The third-order valence-corrected chi connectivity index (χ3v) is 9.21. The van der Waals surface area contributed by atoms with E-state index in [-0.39, 0.29) is 31.0 Å². The van der Waals surface area contributed by atoms with Gasteiger partial charge >= 0.3 is 29.6 Å². The van der Waals surface area contributed by atoms with Gasteiger partial charge in [-0.15, -0.1) is 0 Å². The van der Waals surface area contributed by atoms with Gasteiger partial charge in [0.15, 0.2) is 0 Å². The predicted octanol–water partition coefficient (Wildman–Crippen LogP) is 1.46. The minimum atomic E-state index is -1.55. The SMILES string of the molecule is C[Si](C1=CC=CC1)(C1=CC=CC1)C1=CC=CC1.[H-].[Na+]. The van der Waals surface area contributed by atoms with Gasteiger partial charge in [0.25, 0.3) is 0 Å². The molecule has 0 fully saturated rings. The van der Waals surface area contributed by atoms with Crippen LogP contribution in [0.1, 0.15) is 20.7 Å². The Hall–Kier alpha value is -0.343. The van der Waals surface area contributed by atoms with Gasteiger partial charge in [-0.1, -0.05) is 76.8 Å². The van der Waals surface area contributed by atoms with E-state index in [0.29, 0.717) is 0 Å². The molecule has 0 saturated heterocycles. The van der Waals surface area contributed by atoms with E-state index in [1.807, 2.05) is 0 Å². The van der Waals surface area contributed by atoms with Crippen LogP contribution in [-0.4, -0.2) is 8.07 Å². The van der Waals surface area contributed by atoms with Crippen LogP contribution in [0, 0.1) is 0 Å². The molecule has 88 valence electrons. The van der Waals surface area contributed by atoms with Crippen molar-refractivity contribution >= 4 is 8.07 Å². The smallest absolute Gasteiger partial charge is 1.00 e. The van der Waals surface area contributed by atoms with Crippen LogP contribution in [-0.2, 0) is 0 Å². The third kappa shape index (κ3) is 2.25. The Morgan fingerprint density at radius 1 is 0.778 bits per heavy atom. The van der Waals surface area contributed by atoms with Gasteiger partial charge in [-0.05, 0) is 19.3 Å². The van der Waals surface area contributed by atoms with Gasteiger partial charge in [-0.2, -0.15) is 0 Å². The Kier molecular flexibility index (Phi) is 4.49. The first-order valence-electron chi connectivity index (χ1n) is 6.40. The molecule has 0 unspecified atom stereocenters. The van der Waals surface area contributed by atoms with E-state index in [1.54, 1.807) is 15.6 Å². The maximum Gasteiger partial charge on any atom is 1.00 e. The molecule has 0 aromatic carbocycles.